The van der Waals surface area contributed by atoms with E-state index in [1.165, 1.54) is 0 Å². The molecule has 0 bridgehead atoms. The van der Waals surface area contributed by atoms with E-state index < -0.39 is 0 Å². The Hall–Kier alpha value is -1.48. The predicted octanol–water partition coefficient (Wildman–Crippen LogP) is 4.20. The first-order valence-electron chi connectivity index (χ1n) is 6.63. The Bertz CT molecular complexity index is 587. The third-order valence-corrected chi connectivity index (χ3v) is 3.61. The highest BCUT2D eigenvalue weighted by Crippen LogP contribution is 2.30. The number of nitrogens with zero attached hydrogens (tertiary/aromatic N) is 2. The number of rotatable bonds is 4. The van der Waals surface area contributed by atoms with Crippen molar-refractivity contribution in [2.24, 2.45) is 0 Å². The lowest BCUT2D eigenvalue weighted by molar-refractivity contribution is 0.622. The second-order valence-corrected chi connectivity index (χ2v) is 5.29. The van der Waals surface area contributed by atoms with Crippen LogP contribution >= 0.6 is 11.6 Å². The number of imidazole rings is 1. The Morgan fingerprint density at radius 1 is 1.32 bits per heavy atom. The lowest BCUT2D eigenvalue weighted by atomic mass is 10.1. The molecule has 0 radical (unpaired) electrons. The Morgan fingerprint density at radius 2 is 2.05 bits per heavy atom. The average Bonchev–Trinajstić information content (AvgIpc) is 2.63. The average molecular weight is 278 g/mol. The number of halogens is 1. The maximum atomic E-state index is 6.25. The Balaban J connectivity index is 2.45. The van der Waals surface area contributed by atoms with Crippen molar-refractivity contribution in [1.82, 2.24) is 9.55 Å². The summed E-state index contributed by atoms with van der Waals surface area (Å²) in [6.45, 7) is 7.13. The number of nitrogens with two attached hydrogens (primary N) is 1. The molecule has 0 atom stereocenters. The molecule has 0 unspecified atom stereocenters. The van der Waals surface area contributed by atoms with Crippen LogP contribution in [0.5, 0.6) is 0 Å². The van der Waals surface area contributed by atoms with Crippen molar-refractivity contribution in [3.63, 3.8) is 0 Å². The molecular formula is C15H20ClN3. The van der Waals surface area contributed by atoms with Gasteiger partial charge in [0.15, 0.2) is 0 Å². The summed E-state index contributed by atoms with van der Waals surface area (Å²) in [6, 6.07) is 5.81. The van der Waals surface area contributed by atoms with Gasteiger partial charge in [-0.3, -0.25) is 0 Å². The molecule has 19 heavy (non-hydrogen) atoms. The predicted molar refractivity (Wildman–Crippen MR) is 81.5 cm³/mol. The molecule has 2 aromatic rings. The van der Waals surface area contributed by atoms with Crippen LogP contribution in [0.1, 0.15) is 31.2 Å². The fourth-order valence-corrected chi connectivity index (χ4v) is 2.50. The maximum Gasteiger partial charge on any atom is 0.131 e. The number of hydrogen-bond donors (Lipinski definition) is 1. The van der Waals surface area contributed by atoms with Gasteiger partial charge in [-0.25, -0.2) is 4.98 Å². The lowest BCUT2D eigenvalue weighted by Gasteiger charge is -2.08. The van der Waals surface area contributed by atoms with Crippen LogP contribution in [-0.4, -0.2) is 9.55 Å². The number of aromatic nitrogens is 2. The Kier molecular flexibility index (Phi) is 4.15. The third-order valence-electron chi connectivity index (χ3n) is 3.38. The van der Waals surface area contributed by atoms with Gasteiger partial charge in [0.05, 0.1) is 0 Å². The third kappa shape index (κ3) is 2.76. The zero-order valence-electron chi connectivity index (χ0n) is 11.7. The zero-order valence-corrected chi connectivity index (χ0v) is 12.5. The van der Waals surface area contributed by atoms with Gasteiger partial charge in [-0.15, -0.1) is 0 Å². The minimum absolute atomic E-state index is 0.738. The molecule has 1 aromatic carbocycles. The van der Waals surface area contributed by atoms with E-state index in [4.69, 9.17) is 17.3 Å². The van der Waals surface area contributed by atoms with Crippen molar-refractivity contribution in [1.29, 1.82) is 0 Å². The fraction of sp³-hybridized carbons (Fsp3) is 0.400. The zero-order chi connectivity index (χ0) is 14.0. The maximum absolute atomic E-state index is 6.25. The minimum Gasteiger partial charge on any atom is -0.383 e. The molecule has 4 heteroatoms. The van der Waals surface area contributed by atoms with Crippen LogP contribution in [0.2, 0.25) is 5.02 Å². The molecule has 0 saturated carbocycles. The summed E-state index contributed by atoms with van der Waals surface area (Å²) in [4.78, 5) is 4.62. The molecule has 2 N–H and O–H groups in total. The molecular weight excluding hydrogens is 258 g/mol. The molecule has 0 amide bonds. The second kappa shape index (κ2) is 5.66. The largest absolute Gasteiger partial charge is 0.383 e. The number of hydrogen-bond acceptors (Lipinski definition) is 2. The first-order valence-corrected chi connectivity index (χ1v) is 7.01. The van der Waals surface area contributed by atoms with Gasteiger partial charge < -0.3 is 10.3 Å². The van der Waals surface area contributed by atoms with Crippen LogP contribution < -0.4 is 5.73 Å². The Labute approximate surface area is 119 Å². The highest BCUT2D eigenvalue weighted by molar-refractivity contribution is 6.30. The van der Waals surface area contributed by atoms with Gasteiger partial charge in [0.25, 0.3) is 0 Å². The smallest absolute Gasteiger partial charge is 0.131 e. The van der Waals surface area contributed by atoms with E-state index in [2.05, 4.69) is 16.5 Å². The first-order chi connectivity index (χ1) is 9.04. The topological polar surface area (TPSA) is 43.8 Å². The molecule has 1 aromatic heterocycles. The molecule has 102 valence electrons. The van der Waals surface area contributed by atoms with Crippen molar-refractivity contribution in [2.45, 2.75) is 40.2 Å². The van der Waals surface area contributed by atoms with E-state index in [0.717, 1.165) is 52.9 Å². The van der Waals surface area contributed by atoms with Gasteiger partial charge in [0.1, 0.15) is 17.3 Å². The summed E-state index contributed by atoms with van der Waals surface area (Å²) in [5.74, 6) is 1.71. The van der Waals surface area contributed by atoms with Crippen LogP contribution in [0.25, 0.3) is 11.3 Å². The van der Waals surface area contributed by atoms with E-state index in [9.17, 15) is 0 Å². The first kappa shape index (κ1) is 13.9. The normalized spacial score (nSPS) is 10.9. The lowest BCUT2D eigenvalue weighted by Crippen LogP contribution is -2.05. The van der Waals surface area contributed by atoms with Crippen molar-refractivity contribution in [3.8, 4) is 11.3 Å². The minimum atomic E-state index is 0.738. The van der Waals surface area contributed by atoms with Gasteiger partial charge >= 0.3 is 0 Å². The summed E-state index contributed by atoms with van der Waals surface area (Å²) >= 11 is 5.99. The Morgan fingerprint density at radius 3 is 2.68 bits per heavy atom. The molecule has 0 aliphatic rings. The van der Waals surface area contributed by atoms with E-state index in [1.807, 2.05) is 32.0 Å². The summed E-state index contributed by atoms with van der Waals surface area (Å²) in [5, 5.41) is 0.738. The highest BCUT2D eigenvalue weighted by Gasteiger charge is 2.15. The summed E-state index contributed by atoms with van der Waals surface area (Å²) in [7, 11) is 0. The molecule has 0 aliphatic heterocycles. The highest BCUT2D eigenvalue weighted by atomic mass is 35.5. The van der Waals surface area contributed by atoms with Crippen LogP contribution in [0.15, 0.2) is 18.2 Å². The summed E-state index contributed by atoms with van der Waals surface area (Å²) < 4.78 is 2.09. The summed E-state index contributed by atoms with van der Waals surface area (Å²) in [6.07, 6.45) is 2.26. The number of benzene rings is 1. The van der Waals surface area contributed by atoms with E-state index >= 15 is 0 Å². The number of aryl methyl sites for hydroxylation is 2. The van der Waals surface area contributed by atoms with Crippen molar-refractivity contribution < 1.29 is 0 Å². The van der Waals surface area contributed by atoms with Crippen molar-refractivity contribution >= 4 is 17.4 Å². The van der Waals surface area contributed by atoms with Crippen LogP contribution in [0.3, 0.4) is 0 Å². The van der Waals surface area contributed by atoms with Crippen molar-refractivity contribution in [3.05, 3.63) is 34.6 Å². The molecule has 0 spiro atoms. The second-order valence-electron chi connectivity index (χ2n) is 4.86. The molecule has 0 saturated heterocycles. The van der Waals surface area contributed by atoms with Crippen LogP contribution in [0, 0.1) is 13.8 Å². The number of unbranched alkanes of at least 4 members (excludes halogenated alkanes) is 1. The molecule has 0 aliphatic carbocycles. The van der Waals surface area contributed by atoms with Gasteiger partial charge in [-0.05, 0) is 38.0 Å². The molecule has 2 rings (SSSR count). The summed E-state index contributed by atoms with van der Waals surface area (Å²) in [5.41, 5.74) is 9.27. The fourth-order valence-electron chi connectivity index (χ4n) is 2.27. The van der Waals surface area contributed by atoms with Crippen LogP contribution in [0.4, 0.5) is 5.82 Å². The SMILES string of the molecule is CCCCn1c(C)nc(-c2ccc(Cl)cc2C)c1N. The van der Waals surface area contributed by atoms with E-state index in [1.54, 1.807) is 0 Å². The quantitative estimate of drug-likeness (QED) is 0.910. The molecule has 0 fully saturated rings. The molecule has 3 nitrogen and oxygen atoms in total. The number of nitrogen functional groups attached to an aromatic ring is 1. The van der Waals surface area contributed by atoms with Gasteiger partial charge in [0, 0.05) is 17.1 Å². The van der Waals surface area contributed by atoms with Gasteiger partial charge in [-0.2, -0.15) is 0 Å². The van der Waals surface area contributed by atoms with Crippen LogP contribution in [-0.2, 0) is 6.54 Å². The van der Waals surface area contributed by atoms with E-state index in [-0.39, 0.29) is 0 Å². The van der Waals surface area contributed by atoms with E-state index in [0.29, 0.717) is 0 Å². The van der Waals surface area contributed by atoms with Gasteiger partial charge in [-0.1, -0.05) is 31.0 Å². The standard InChI is InChI=1S/C15H20ClN3/c1-4-5-8-19-11(3)18-14(15(19)17)13-7-6-12(16)9-10(13)2/h6-7,9H,4-5,8,17H2,1-3H3. The van der Waals surface area contributed by atoms with Gasteiger partial charge in [0.2, 0.25) is 0 Å². The monoisotopic (exact) mass is 277 g/mol. The number of anilines is 1. The molecule has 1 heterocycles. The van der Waals surface area contributed by atoms with Crippen molar-refractivity contribution in [2.75, 3.05) is 5.73 Å².